The van der Waals surface area contributed by atoms with E-state index < -0.39 is 6.10 Å². The Morgan fingerprint density at radius 2 is 1.97 bits per heavy atom. The van der Waals surface area contributed by atoms with E-state index in [1.165, 1.54) is 18.1 Å². The van der Waals surface area contributed by atoms with Gasteiger partial charge in [0.1, 0.15) is 11.9 Å². The van der Waals surface area contributed by atoms with Crippen LogP contribution in [0, 0.1) is 0 Å². The van der Waals surface area contributed by atoms with Crippen LogP contribution < -0.4 is 0 Å². The van der Waals surface area contributed by atoms with Crippen molar-refractivity contribution in [2.45, 2.75) is 32.4 Å². The number of rotatable bonds is 5. The number of nitrogens with one attached hydrogen (secondary N) is 1. The fourth-order valence-corrected chi connectivity index (χ4v) is 4.82. The molecule has 0 fully saturated rings. The van der Waals surface area contributed by atoms with Crippen LogP contribution in [-0.2, 0) is 24.2 Å². The monoisotopic (exact) mass is 471 g/mol. The molecular weight excluding hydrogens is 446 g/mol. The first-order valence-corrected chi connectivity index (χ1v) is 11.8. The highest BCUT2D eigenvalue weighted by Crippen LogP contribution is 2.31. The fourth-order valence-electron chi connectivity index (χ4n) is 4.61. The molecule has 5 rings (SSSR count). The Kier molecular flexibility index (Phi) is 6.22. The lowest BCUT2D eigenvalue weighted by Crippen LogP contribution is -2.41. The molecule has 4 aromatic rings. The Hall–Kier alpha value is -3.41. The summed E-state index contributed by atoms with van der Waals surface area (Å²) in [6, 6.07) is 22.4. The van der Waals surface area contributed by atoms with Crippen molar-refractivity contribution in [3.8, 4) is 22.6 Å². The summed E-state index contributed by atoms with van der Waals surface area (Å²) in [5, 5.41) is 10.3. The minimum Gasteiger partial charge on any atom is -0.384 e. The summed E-state index contributed by atoms with van der Waals surface area (Å²) in [6.07, 6.45) is 2.41. The zero-order valence-electron chi connectivity index (χ0n) is 19.0. The number of fused-ring (bicyclic) bond motifs is 1. The molecular formula is C28H26ClN3O2. The Bertz CT molecular complexity index is 1330. The van der Waals surface area contributed by atoms with Crippen molar-refractivity contribution in [1.82, 2.24) is 14.9 Å². The van der Waals surface area contributed by atoms with Crippen molar-refractivity contribution in [3.05, 3.63) is 100 Å². The Balaban J connectivity index is 1.40. The first kappa shape index (κ1) is 22.4. The van der Waals surface area contributed by atoms with Crippen LogP contribution in [0.4, 0.5) is 0 Å². The number of hydrogen-bond donors (Lipinski definition) is 2. The molecule has 34 heavy (non-hydrogen) atoms. The minimum absolute atomic E-state index is 0.216. The first-order chi connectivity index (χ1) is 16.5. The number of amides is 1. The van der Waals surface area contributed by atoms with E-state index in [1.54, 1.807) is 4.90 Å². The zero-order chi connectivity index (χ0) is 23.7. The number of benzene rings is 3. The minimum atomic E-state index is -0.971. The number of H-pyrrole nitrogens is 1. The summed E-state index contributed by atoms with van der Waals surface area (Å²) in [5.41, 5.74) is 7.73. The highest BCUT2D eigenvalue weighted by molar-refractivity contribution is 6.33. The van der Waals surface area contributed by atoms with Gasteiger partial charge >= 0.3 is 0 Å². The maximum atomic E-state index is 12.2. The topological polar surface area (TPSA) is 69.2 Å². The molecule has 0 bridgehead atoms. The molecule has 0 radical (unpaired) electrons. The maximum Gasteiger partial charge on any atom is 0.251 e. The molecule has 0 saturated carbocycles. The van der Waals surface area contributed by atoms with E-state index in [9.17, 15) is 9.90 Å². The lowest BCUT2D eigenvalue weighted by atomic mass is 9.90. The maximum absolute atomic E-state index is 12.2. The van der Waals surface area contributed by atoms with Crippen LogP contribution in [0.3, 0.4) is 0 Å². The van der Waals surface area contributed by atoms with E-state index in [0.29, 0.717) is 18.1 Å². The summed E-state index contributed by atoms with van der Waals surface area (Å²) in [5.74, 6) is 0.528. The summed E-state index contributed by atoms with van der Waals surface area (Å²) in [6.45, 7) is 2.68. The molecule has 1 unspecified atom stereocenters. The van der Waals surface area contributed by atoms with E-state index in [-0.39, 0.29) is 5.91 Å². The molecule has 1 aliphatic rings. The van der Waals surface area contributed by atoms with Crippen molar-refractivity contribution in [2.24, 2.45) is 0 Å². The van der Waals surface area contributed by atoms with Gasteiger partial charge in [0.15, 0.2) is 0 Å². The third kappa shape index (κ3) is 4.49. The molecule has 1 aromatic heterocycles. The number of aliphatic hydroxyl groups excluding tert-OH is 1. The number of carbonyl (C=O) groups excluding carboxylic acids is 1. The van der Waals surface area contributed by atoms with Crippen molar-refractivity contribution in [1.29, 1.82) is 0 Å². The van der Waals surface area contributed by atoms with Crippen LogP contribution in [0.1, 0.15) is 29.2 Å². The Labute approximate surface area is 204 Å². The highest BCUT2D eigenvalue weighted by atomic mass is 35.5. The number of hydrogen-bond acceptors (Lipinski definition) is 3. The Morgan fingerprint density at radius 3 is 2.76 bits per heavy atom. The molecule has 172 valence electrons. The molecule has 1 aliphatic heterocycles. The molecule has 3 aromatic carbocycles. The van der Waals surface area contributed by atoms with E-state index in [0.717, 1.165) is 46.6 Å². The summed E-state index contributed by atoms with van der Waals surface area (Å²) in [4.78, 5) is 22.0. The lowest BCUT2D eigenvalue weighted by Gasteiger charge is -2.31. The SMILES string of the molecule is CC(O)C(=O)N1CCc2c(Cc3ccc(Cl)c(-c4ncc(-c5ccccc5)[nH]4)c3)cccc2C1. The number of aromatic nitrogens is 2. The van der Waals surface area contributed by atoms with Crippen LogP contribution in [0.25, 0.3) is 22.6 Å². The van der Waals surface area contributed by atoms with E-state index >= 15 is 0 Å². The molecule has 5 nitrogen and oxygen atoms in total. The number of carbonyl (C=O) groups is 1. The second-order valence-electron chi connectivity index (χ2n) is 8.74. The van der Waals surface area contributed by atoms with Crippen LogP contribution in [-0.4, -0.2) is 38.5 Å². The number of imidazole rings is 1. The molecule has 2 heterocycles. The molecule has 1 atom stereocenters. The van der Waals surface area contributed by atoms with Gasteiger partial charge in [-0.2, -0.15) is 0 Å². The molecule has 0 spiro atoms. The fraction of sp³-hybridized carbons (Fsp3) is 0.214. The van der Waals surface area contributed by atoms with Gasteiger partial charge in [0.25, 0.3) is 5.91 Å². The lowest BCUT2D eigenvalue weighted by molar-refractivity contribution is -0.140. The summed E-state index contributed by atoms with van der Waals surface area (Å²) < 4.78 is 0. The van der Waals surface area contributed by atoms with Crippen LogP contribution >= 0.6 is 11.6 Å². The molecule has 1 amide bonds. The number of halogens is 1. The van der Waals surface area contributed by atoms with Gasteiger partial charge in [-0.25, -0.2) is 4.98 Å². The van der Waals surface area contributed by atoms with Gasteiger partial charge in [0, 0.05) is 18.7 Å². The largest absolute Gasteiger partial charge is 0.384 e. The molecule has 0 aliphatic carbocycles. The van der Waals surface area contributed by atoms with Gasteiger partial charge in [-0.3, -0.25) is 4.79 Å². The third-order valence-electron chi connectivity index (χ3n) is 6.37. The highest BCUT2D eigenvalue weighted by Gasteiger charge is 2.24. The van der Waals surface area contributed by atoms with Gasteiger partial charge in [-0.1, -0.05) is 66.2 Å². The van der Waals surface area contributed by atoms with Gasteiger partial charge in [-0.05, 0) is 59.7 Å². The van der Waals surface area contributed by atoms with Crippen molar-refractivity contribution in [3.63, 3.8) is 0 Å². The van der Waals surface area contributed by atoms with Gasteiger partial charge in [-0.15, -0.1) is 0 Å². The van der Waals surface area contributed by atoms with Crippen LogP contribution in [0.2, 0.25) is 5.02 Å². The van der Waals surface area contributed by atoms with E-state index in [4.69, 9.17) is 11.6 Å². The van der Waals surface area contributed by atoms with Crippen LogP contribution in [0.5, 0.6) is 0 Å². The molecule has 2 N–H and O–H groups in total. The van der Waals surface area contributed by atoms with E-state index in [1.807, 2.05) is 48.7 Å². The zero-order valence-corrected chi connectivity index (χ0v) is 19.7. The van der Waals surface area contributed by atoms with Crippen molar-refractivity contribution >= 4 is 17.5 Å². The normalized spacial score (nSPS) is 14.0. The molecule has 6 heteroatoms. The predicted molar refractivity (Wildman–Crippen MR) is 135 cm³/mol. The predicted octanol–water partition coefficient (Wildman–Crippen LogP) is 5.25. The average Bonchev–Trinajstić information content (AvgIpc) is 3.35. The summed E-state index contributed by atoms with van der Waals surface area (Å²) in [7, 11) is 0. The van der Waals surface area contributed by atoms with Gasteiger partial charge in [0.05, 0.1) is 16.9 Å². The standard InChI is InChI=1S/C28H26ClN3O2/c1-18(33)28(34)32-13-12-23-21(8-5-9-22(23)17-32)14-19-10-11-25(29)24(15-19)27-30-16-26(31-27)20-6-3-2-4-7-20/h2-11,15-16,18,33H,12-14,17H2,1H3,(H,30,31). The van der Waals surface area contributed by atoms with Gasteiger partial charge in [0.2, 0.25) is 0 Å². The summed E-state index contributed by atoms with van der Waals surface area (Å²) >= 11 is 6.56. The first-order valence-electron chi connectivity index (χ1n) is 11.5. The number of nitrogens with zero attached hydrogens (tertiary/aromatic N) is 2. The molecule has 0 saturated heterocycles. The van der Waals surface area contributed by atoms with Crippen LogP contribution in [0.15, 0.2) is 72.9 Å². The second-order valence-corrected chi connectivity index (χ2v) is 9.15. The number of aromatic amines is 1. The number of aliphatic hydroxyl groups is 1. The third-order valence-corrected chi connectivity index (χ3v) is 6.70. The average molecular weight is 472 g/mol. The Morgan fingerprint density at radius 1 is 1.15 bits per heavy atom. The van der Waals surface area contributed by atoms with Crippen molar-refractivity contribution < 1.29 is 9.90 Å². The van der Waals surface area contributed by atoms with Crippen molar-refractivity contribution in [2.75, 3.05) is 6.54 Å². The van der Waals surface area contributed by atoms with E-state index in [2.05, 4.69) is 34.2 Å². The quantitative estimate of drug-likeness (QED) is 0.417. The van der Waals surface area contributed by atoms with Gasteiger partial charge < -0.3 is 15.0 Å². The smallest absolute Gasteiger partial charge is 0.251 e. The second kappa shape index (κ2) is 9.45.